The second-order valence-corrected chi connectivity index (χ2v) is 4.47. The van der Waals surface area contributed by atoms with E-state index in [4.69, 9.17) is 5.73 Å². The minimum Gasteiger partial charge on any atom is -0.392 e. The standard InChI is InChI=1S/C12H19N3O/c13-12-7-9(3-5-15-12)6-11(16)10-2-1-4-14-8-10/h3,5,7,10-11,14,16H,1-2,4,6,8H2,(H2,13,15). The molecule has 0 aliphatic carbocycles. The Hall–Kier alpha value is -1.13. The number of rotatable bonds is 3. The molecule has 4 heteroatoms. The highest BCUT2D eigenvalue weighted by atomic mass is 16.3. The minimum absolute atomic E-state index is 0.283. The SMILES string of the molecule is Nc1cc(CC(O)C2CCCNC2)ccn1. The lowest BCUT2D eigenvalue weighted by Crippen LogP contribution is -2.37. The quantitative estimate of drug-likeness (QED) is 0.697. The summed E-state index contributed by atoms with van der Waals surface area (Å²) in [6, 6.07) is 3.75. The Balaban J connectivity index is 1.93. The molecule has 1 aromatic rings. The van der Waals surface area contributed by atoms with E-state index in [1.807, 2.05) is 12.1 Å². The highest BCUT2D eigenvalue weighted by molar-refractivity contribution is 5.32. The zero-order valence-corrected chi connectivity index (χ0v) is 9.39. The van der Waals surface area contributed by atoms with Crippen LogP contribution in [0, 0.1) is 5.92 Å². The maximum Gasteiger partial charge on any atom is 0.123 e. The number of anilines is 1. The fourth-order valence-electron chi connectivity index (χ4n) is 2.24. The molecule has 0 saturated carbocycles. The lowest BCUT2D eigenvalue weighted by molar-refractivity contribution is 0.0922. The maximum atomic E-state index is 10.1. The van der Waals surface area contributed by atoms with E-state index < -0.39 is 0 Å². The van der Waals surface area contributed by atoms with E-state index >= 15 is 0 Å². The number of nitrogens with zero attached hydrogens (tertiary/aromatic N) is 1. The van der Waals surface area contributed by atoms with E-state index in [1.165, 1.54) is 0 Å². The summed E-state index contributed by atoms with van der Waals surface area (Å²) in [5.41, 5.74) is 6.67. The van der Waals surface area contributed by atoms with Gasteiger partial charge in [0, 0.05) is 12.7 Å². The lowest BCUT2D eigenvalue weighted by atomic mass is 9.90. The van der Waals surface area contributed by atoms with Gasteiger partial charge in [0.1, 0.15) is 5.82 Å². The molecule has 88 valence electrons. The van der Waals surface area contributed by atoms with Gasteiger partial charge >= 0.3 is 0 Å². The highest BCUT2D eigenvalue weighted by Gasteiger charge is 2.21. The normalized spacial score (nSPS) is 22.9. The van der Waals surface area contributed by atoms with Crippen LogP contribution in [0.2, 0.25) is 0 Å². The van der Waals surface area contributed by atoms with E-state index in [-0.39, 0.29) is 6.10 Å². The van der Waals surface area contributed by atoms with Crippen LogP contribution < -0.4 is 11.1 Å². The van der Waals surface area contributed by atoms with Gasteiger partial charge in [-0.05, 0) is 49.4 Å². The van der Waals surface area contributed by atoms with Crippen molar-refractivity contribution in [1.82, 2.24) is 10.3 Å². The monoisotopic (exact) mass is 221 g/mol. The summed E-state index contributed by atoms with van der Waals surface area (Å²) < 4.78 is 0. The number of piperidine rings is 1. The molecule has 1 aromatic heterocycles. The van der Waals surface area contributed by atoms with Crippen molar-refractivity contribution in [3.05, 3.63) is 23.9 Å². The van der Waals surface area contributed by atoms with Gasteiger partial charge in [-0.2, -0.15) is 0 Å². The number of nitrogen functional groups attached to an aromatic ring is 1. The van der Waals surface area contributed by atoms with Crippen molar-refractivity contribution in [3.63, 3.8) is 0 Å². The number of nitrogens with one attached hydrogen (secondary N) is 1. The predicted molar refractivity (Wildman–Crippen MR) is 64.0 cm³/mol. The molecule has 4 N–H and O–H groups in total. The molecule has 16 heavy (non-hydrogen) atoms. The van der Waals surface area contributed by atoms with E-state index in [1.54, 1.807) is 6.20 Å². The van der Waals surface area contributed by atoms with Gasteiger partial charge in [-0.15, -0.1) is 0 Å². The molecule has 0 spiro atoms. The fraction of sp³-hybridized carbons (Fsp3) is 0.583. The first kappa shape index (κ1) is 11.4. The third-order valence-corrected chi connectivity index (χ3v) is 3.17. The van der Waals surface area contributed by atoms with E-state index in [0.29, 0.717) is 18.2 Å². The Labute approximate surface area is 95.9 Å². The van der Waals surface area contributed by atoms with Gasteiger partial charge in [-0.1, -0.05) is 0 Å². The molecule has 0 radical (unpaired) electrons. The molecule has 2 atom stereocenters. The maximum absolute atomic E-state index is 10.1. The van der Waals surface area contributed by atoms with Crippen molar-refractivity contribution in [2.45, 2.75) is 25.4 Å². The van der Waals surface area contributed by atoms with Gasteiger partial charge in [0.2, 0.25) is 0 Å². The first-order valence-corrected chi connectivity index (χ1v) is 5.85. The Morgan fingerprint density at radius 2 is 2.50 bits per heavy atom. The summed E-state index contributed by atoms with van der Waals surface area (Å²) >= 11 is 0. The van der Waals surface area contributed by atoms with Crippen molar-refractivity contribution in [3.8, 4) is 0 Å². The van der Waals surface area contributed by atoms with Crippen LogP contribution in [0.1, 0.15) is 18.4 Å². The highest BCUT2D eigenvalue weighted by Crippen LogP contribution is 2.18. The number of aliphatic hydroxyl groups excluding tert-OH is 1. The molecule has 1 fully saturated rings. The molecule has 1 aliphatic rings. The summed E-state index contributed by atoms with van der Waals surface area (Å²) in [6.45, 7) is 1.99. The van der Waals surface area contributed by atoms with E-state index in [0.717, 1.165) is 31.5 Å². The van der Waals surface area contributed by atoms with Crippen LogP contribution in [0.25, 0.3) is 0 Å². The summed E-state index contributed by atoms with van der Waals surface area (Å²) in [5, 5.41) is 13.4. The molecule has 1 aliphatic heterocycles. The predicted octanol–water partition coefficient (Wildman–Crippen LogP) is 0.567. The van der Waals surface area contributed by atoms with Gasteiger partial charge < -0.3 is 16.2 Å². The van der Waals surface area contributed by atoms with Crippen molar-refractivity contribution >= 4 is 5.82 Å². The second-order valence-electron chi connectivity index (χ2n) is 4.47. The largest absolute Gasteiger partial charge is 0.392 e. The molecule has 2 heterocycles. The molecule has 2 rings (SSSR count). The topological polar surface area (TPSA) is 71.2 Å². The summed E-state index contributed by atoms with van der Waals surface area (Å²) in [5.74, 6) is 0.884. The third kappa shape index (κ3) is 2.93. The van der Waals surface area contributed by atoms with Gasteiger partial charge in [-0.25, -0.2) is 4.98 Å². The van der Waals surface area contributed by atoms with Crippen LogP contribution in [0.5, 0.6) is 0 Å². The smallest absolute Gasteiger partial charge is 0.123 e. The molecule has 0 aromatic carbocycles. The average Bonchev–Trinajstić information content (AvgIpc) is 2.30. The molecule has 0 amide bonds. The lowest BCUT2D eigenvalue weighted by Gasteiger charge is -2.27. The molecule has 2 unspecified atom stereocenters. The van der Waals surface area contributed by atoms with Gasteiger partial charge in [-0.3, -0.25) is 0 Å². The second kappa shape index (κ2) is 5.27. The van der Waals surface area contributed by atoms with Crippen molar-refractivity contribution in [2.75, 3.05) is 18.8 Å². The van der Waals surface area contributed by atoms with Crippen molar-refractivity contribution < 1.29 is 5.11 Å². The number of aliphatic hydroxyl groups is 1. The van der Waals surface area contributed by atoms with E-state index in [2.05, 4.69) is 10.3 Å². The number of hydrogen-bond acceptors (Lipinski definition) is 4. The fourth-order valence-corrected chi connectivity index (χ4v) is 2.24. The van der Waals surface area contributed by atoms with Gasteiger partial charge in [0.05, 0.1) is 6.10 Å². The number of aromatic nitrogens is 1. The Morgan fingerprint density at radius 1 is 1.62 bits per heavy atom. The first-order valence-electron chi connectivity index (χ1n) is 5.85. The van der Waals surface area contributed by atoms with Crippen LogP contribution in [-0.2, 0) is 6.42 Å². The summed E-state index contributed by atoms with van der Waals surface area (Å²) in [4.78, 5) is 3.94. The van der Waals surface area contributed by atoms with Crippen LogP contribution in [-0.4, -0.2) is 29.3 Å². The van der Waals surface area contributed by atoms with Crippen LogP contribution in [0.15, 0.2) is 18.3 Å². The molecule has 4 nitrogen and oxygen atoms in total. The van der Waals surface area contributed by atoms with Crippen LogP contribution >= 0.6 is 0 Å². The van der Waals surface area contributed by atoms with Crippen LogP contribution in [0.4, 0.5) is 5.82 Å². The van der Waals surface area contributed by atoms with Gasteiger partial charge in [0.15, 0.2) is 0 Å². The summed E-state index contributed by atoms with van der Waals surface area (Å²) in [7, 11) is 0. The molecule has 1 saturated heterocycles. The number of hydrogen-bond donors (Lipinski definition) is 3. The Kier molecular flexibility index (Phi) is 3.74. The molecule has 0 bridgehead atoms. The Morgan fingerprint density at radius 3 is 3.19 bits per heavy atom. The minimum atomic E-state index is -0.283. The Bertz CT molecular complexity index is 337. The number of nitrogens with two attached hydrogens (primary N) is 1. The zero-order valence-electron chi connectivity index (χ0n) is 9.39. The van der Waals surface area contributed by atoms with E-state index in [9.17, 15) is 5.11 Å². The zero-order chi connectivity index (χ0) is 11.4. The van der Waals surface area contributed by atoms with Gasteiger partial charge in [0.25, 0.3) is 0 Å². The van der Waals surface area contributed by atoms with Crippen molar-refractivity contribution in [1.29, 1.82) is 0 Å². The summed E-state index contributed by atoms with van der Waals surface area (Å²) in [6.07, 6.45) is 4.33. The van der Waals surface area contributed by atoms with Crippen LogP contribution in [0.3, 0.4) is 0 Å². The first-order chi connectivity index (χ1) is 7.75. The molecular formula is C12H19N3O. The van der Waals surface area contributed by atoms with Crippen molar-refractivity contribution in [2.24, 2.45) is 5.92 Å². The molecular weight excluding hydrogens is 202 g/mol. The average molecular weight is 221 g/mol. The number of pyridine rings is 1. The third-order valence-electron chi connectivity index (χ3n) is 3.17.